The fraction of sp³-hybridized carbons (Fsp3) is 0.182. The summed E-state index contributed by atoms with van der Waals surface area (Å²) in [4.78, 5) is 38.8. The molecule has 1 heterocycles. The van der Waals surface area contributed by atoms with Crippen LogP contribution >= 0.6 is 27.7 Å². The quantitative estimate of drug-likeness (QED) is 0.428. The molecule has 3 amide bonds. The van der Waals surface area contributed by atoms with Gasteiger partial charge in [-0.2, -0.15) is 0 Å². The molecule has 0 aromatic heterocycles. The van der Waals surface area contributed by atoms with Crippen molar-refractivity contribution < 1.29 is 14.4 Å². The van der Waals surface area contributed by atoms with Crippen molar-refractivity contribution in [1.29, 1.82) is 0 Å². The Labute approximate surface area is 193 Å². The van der Waals surface area contributed by atoms with Crippen LogP contribution in [0.1, 0.15) is 12.0 Å². The number of carbonyl (C=O) groups excluding carboxylic acids is 3. The lowest BCUT2D eigenvalue weighted by molar-refractivity contribution is -0.128. The van der Waals surface area contributed by atoms with Crippen LogP contribution in [-0.4, -0.2) is 39.6 Å². The van der Waals surface area contributed by atoms with Crippen molar-refractivity contribution in [2.24, 2.45) is 5.10 Å². The summed E-state index contributed by atoms with van der Waals surface area (Å²) in [5.74, 6) is -0.810. The monoisotopic (exact) mass is 500 g/mol. The van der Waals surface area contributed by atoms with E-state index in [4.69, 9.17) is 0 Å². The smallest absolute Gasteiger partial charge is 0.244 e. The number of halogens is 1. The number of benzene rings is 2. The summed E-state index contributed by atoms with van der Waals surface area (Å²) in [7, 11) is 0. The number of amidine groups is 1. The predicted octanol–water partition coefficient (Wildman–Crippen LogP) is 3.54. The number of anilines is 1. The first kappa shape index (κ1) is 22.8. The Balaban J connectivity index is 1.61. The summed E-state index contributed by atoms with van der Waals surface area (Å²) in [6.45, 7) is 3.90. The lowest BCUT2D eigenvalue weighted by atomic mass is 10.1. The van der Waals surface area contributed by atoms with Gasteiger partial charge in [0.1, 0.15) is 5.25 Å². The maximum Gasteiger partial charge on any atom is 0.244 e. The molecule has 1 fully saturated rings. The highest BCUT2D eigenvalue weighted by Gasteiger charge is 2.38. The van der Waals surface area contributed by atoms with Gasteiger partial charge in [0.15, 0.2) is 5.17 Å². The van der Waals surface area contributed by atoms with Crippen LogP contribution in [0.15, 0.2) is 76.8 Å². The van der Waals surface area contributed by atoms with E-state index in [9.17, 15) is 14.4 Å². The van der Waals surface area contributed by atoms with E-state index in [1.807, 2.05) is 42.5 Å². The lowest BCUT2D eigenvalue weighted by Crippen LogP contribution is -2.34. The van der Waals surface area contributed by atoms with Crippen molar-refractivity contribution in [2.75, 3.05) is 11.9 Å². The van der Waals surface area contributed by atoms with E-state index in [2.05, 4.69) is 38.4 Å². The Kier molecular flexibility index (Phi) is 8.02. The predicted molar refractivity (Wildman–Crippen MR) is 126 cm³/mol. The number of hydrogen-bond acceptors (Lipinski definition) is 5. The molecule has 0 spiro atoms. The zero-order chi connectivity index (χ0) is 22.2. The molecule has 7 nitrogen and oxygen atoms in total. The van der Waals surface area contributed by atoms with Gasteiger partial charge in [-0.05, 0) is 29.8 Å². The number of hydrazone groups is 1. The molecule has 2 aromatic rings. The second-order valence-corrected chi connectivity index (χ2v) is 8.78. The number of thioether (sulfide) groups is 1. The number of nitrogens with one attached hydrogen (secondary N) is 2. The number of nitrogens with zero attached hydrogens (tertiary/aromatic N) is 2. The molecule has 1 saturated heterocycles. The SMILES string of the molecule is C=CCN1C(=O)C(CC(=O)Nc2ccc(Br)cc2)SC1=NNC(=O)Cc1ccccc1. The van der Waals surface area contributed by atoms with Crippen LogP contribution in [0.3, 0.4) is 0 Å². The van der Waals surface area contributed by atoms with Gasteiger partial charge in [0.25, 0.3) is 0 Å². The summed E-state index contributed by atoms with van der Waals surface area (Å²) in [6, 6.07) is 16.5. The van der Waals surface area contributed by atoms with E-state index in [1.165, 1.54) is 4.90 Å². The summed E-state index contributed by atoms with van der Waals surface area (Å²) in [5.41, 5.74) is 4.00. The summed E-state index contributed by atoms with van der Waals surface area (Å²) >= 11 is 4.50. The maximum absolute atomic E-state index is 12.8. The molecule has 2 aromatic carbocycles. The largest absolute Gasteiger partial charge is 0.326 e. The fourth-order valence-electron chi connectivity index (χ4n) is 2.87. The first-order valence-electron chi connectivity index (χ1n) is 9.51. The van der Waals surface area contributed by atoms with Crippen molar-refractivity contribution in [3.05, 3.63) is 77.3 Å². The van der Waals surface area contributed by atoms with Crippen LogP contribution in [-0.2, 0) is 20.8 Å². The highest BCUT2D eigenvalue weighted by Crippen LogP contribution is 2.29. The normalized spacial score (nSPS) is 16.9. The minimum atomic E-state index is -0.625. The molecule has 0 saturated carbocycles. The molecule has 160 valence electrons. The van der Waals surface area contributed by atoms with Crippen LogP contribution in [0.25, 0.3) is 0 Å². The minimum Gasteiger partial charge on any atom is -0.326 e. The molecule has 2 N–H and O–H groups in total. The Morgan fingerprint density at radius 3 is 2.52 bits per heavy atom. The second-order valence-electron chi connectivity index (χ2n) is 6.69. The first-order chi connectivity index (χ1) is 15.0. The zero-order valence-electron chi connectivity index (χ0n) is 16.6. The summed E-state index contributed by atoms with van der Waals surface area (Å²) in [5, 5.41) is 6.62. The molecule has 0 aliphatic carbocycles. The van der Waals surface area contributed by atoms with E-state index in [1.54, 1.807) is 18.2 Å². The Morgan fingerprint density at radius 1 is 1.13 bits per heavy atom. The van der Waals surface area contributed by atoms with Crippen LogP contribution in [0.2, 0.25) is 0 Å². The van der Waals surface area contributed by atoms with Crippen LogP contribution < -0.4 is 10.7 Å². The van der Waals surface area contributed by atoms with Gasteiger partial charge in [-0.15, -0.1) is 11.7 Å². The van der Waals surface area contributed by atoms with Crippen LogP contribution in [0, 0.1) is 0 Å². The van der Waals surface area contributed by atoms with E-state index in [0.29, 0.717) is 10.9 Å². The summed E-state index contributed by atoms with van der Waals surface area (Å²) in [6.07, 6.45) is 1.74. The van der Waals surface area contributed by atoms with Gasteiger partial charge in [-0.3, -0.25) is 19.3 Å². The third-order valence-corrected chi connectivity index (χ3v) is 6.02. The molecule has 1 aliphatic rings. The fourth-order valence-corrected chi connectivity index (χ4v) is 4.24. The van der Waals surface area contributed by atoms with Gasteiger partial charge >= 0.3 is 0 Å². The minimum absolute atomic E-state index is 0.00973. The molecule has 1 aliphatic heterocycles. The van der Waals surface area contributed by atoms with E-state index in [-0.39, 0.29) is 37.1 Å². The molecular weight excluding hydrogens is 480 g/mol. The second kappa shape index (κ2) is 10.9. The highest BCUT2D eigenvalue weighted by atomic mass is 79.9. The third kappa shape index (κ3) is 6.53. The number of hydrogen-bond donors (Lipinski definition) is 2. The molecule has 9 heteroatoms. The van der Waals surface area contributed by atoms with Crippen molar-refractivity contribution in [1.82, 2.24) is 10.3 Å². The first-order valence-corrected chi connectivity index (χ1v) is 11.2. The van der Waals surface area contributed by atoms with Crippen LogP contribution in [0.4, 0.5) is 5.69 Å². The Morgan fingerprint density at radius 2 is 1.84 bits per heavy atom. The van der Waals surface area contributed by atoms with Crippen molar-refractivity contribution in [3.8, 4) is 0 Å². The molecule has 0 bridgehead atoms. The maximum atomic E-state index is 12.8. The average molecular weight is 501 g/mol. The Hall–Kier alpha value is -2.91. The standard InChI is InChI=1S/C22H21BrN4O3S/c1-2-12-27-21(30)18(14-19(28)24-17-10-8-16(23)9-11-17)31-22(27)26-25-20(29)13-15-6-4-3-5-7-15/h2-11,18H,1,12-14H2,(H,24,28)(H,25,29). The topological polar surface area (TPSA) is 90.9 Å². The highest BCUT2D eigenvalue weighted by molar-refractivity contribution is 9.10. The number of carbonyl (C=O) groups is 3. The van der Waals surface area contributed by atoms with Gasteiger partial charge in [0.05, 0.1) is 6.42 Å². The Bertz CT molecular complexity index is 996. The average Bonchev–Trinajstić information content (AvgIpc) is 3.04. The summed E-state index contributed by atoms with van der Waals surface area (Å²) < 4.78 is 0.905. The van der Waals surface area contributed by atoms with Gasteiger partial charge in [-0.25, -0.2) is 5.43 Å². The van der Waals surface area contributed by atoms with E-state index in [0.717, 1.165) is 21.8 Å². The number of rotatable bonds is 8. The van der Waals surface area contributed by atoms with Crippen molar-refractivity contribution in [2.45, 2.75) is 18.1 Å². The molecule has 31 heavy (non-hydrogen) atoms. The van der Waals surface area contributed by atoms with Gasteiger partial charge in [-0.1, -0.05) is 64.1 Å². The lowest BCUT2D eigenvalue weighted by Gasteiger charge is -2.13. The molecule has 3 rings (SSSR count). The molecular formula is C22H21BrN4O3S. The zero-order valence-corrected chi connectivity index (χ0v) is 19.0. The third-order valence-electron chi connectivity index (χ3n) is 4.31. The molecule has 0 radical (unpaired) electrons. The van der Waals surface area contributed by atoms with Gasteiger partial charge < -0.3 is 5.32 Å². The molecule has 1 unspecified atom stereocenters. The van der Waals surface area contributed by atoms with Crippen LogP contribution in [0.5, 0.6) is 0 Å². The van der Waals surface area contributed by atoms with Gasteiger partial charge in [0.2, 0.25) is 17.7 Å². The van der Waals surface area contributed by atoms with Gasteiger partial charge in [0, 0.05) is 23.1 Å². The van der Waals surface area contributed by atoms with E-state index >= 15 is 0 Å². The van der Waals surface area contributed by atoms with E-state index < -0.39 is 5.25 Å². The van der Waals surface area contributed by atoms with Crippen molar-refractivity contribution >= 4 is 56.3 Å². The molecule has 1 atom stereocenters. The number of amides is 3. The van der Waals surface area contributed by atoms with Crippen molar-refractivity contribution in [3.63, 3.8) is 0 Å².